The van der Waals surface area contributed by atoms with E-state index in [1.54, 1.807) is 6.07 Å². The predicted octanol–water partition coefficient (Wildman–Crippen LogP) is 3.42. The van der Waals surface area contributed by atoms with Crippen LogP contribution in [0.3, 0.4) is 0 Å². The number of anilines is 3. The molecule has 0 fully saturated rings. The number of rotatable bonds is 3. The van der Waals surface area contributed by atoms with Crippen LogP contribution in [-0.2, 0) is 5.41 Å². The summed E-state index contributed by atoms with van der Waals surface area (Å²) < 4.78 is 0. The van der Waals surface area contributed by atoms with E-state index < -0.39 is 0 Å². The smallest absolute Gasteiger partial charge is 0.145 e. The van der Waals surface area contributed by atoms with E-state index in [-0.39, 0.29) is 5.41 Å². The summed E-state index contributed by atoms with van der Waals surface area (Å²) in [6.07, 6.45) is 0. The molecule has 4 N–H and O–H groups in total. The molecule has 1 aromatic heterocycles. The summed E-state index contributed by atoms with van der Waals surface area (Å²) in [5.74, 6) is 7.58. The maximum atomic E-state index is 5.51. The molecule has 1 aromatic carbocycles. The van der Waals surface area contributed by atoms with Crippen LogP contribution in [0, 0.1) is 13.8 Å². The Morgan fingerprint density at radius 2 is 1.67 bits per heavy atom. The molecule has 112 valence electrons. The van der Waals surface area contributed by atoms with E-state index in [1.807, 2.05) is 0 Å². The molecule has 1 heterocycles. The zero-order valence-electron chi connectivity index (χ0n) is 13.3. The summed E-state index contributed by atoms with van der Waals surface area (Å²) in [5, 5.41) is 3.35. The van der Waals surface area contributed by atoms with Gasteiger partial charge in [0.2, 0.25) is 0 Å². The molecule has 0 bridgehead atoms. The van der Waals surface area contributed by atoms with Crippen LogP contribution in [-0.4, -0.2) is 9.97 Å². The highest BCUT2D eigenvalue weighted by molar-refractivity contribution is 5.63. The van der Waals surface area contributed by atoms with E-state index in [0.29, 0.717) is 5.82 Å². The number of hydrogen-bond donors (Lipinski definition) is 3. The summed E-state index contributed by atoms with van der Waals surface area (Å²) >= 11 is 0. The summed E-state index contributed by atoms with van der Waals surface area (Å²) in [5.41, 5.74) is 5.86. The molecule has 0 aliphatic rings. The number of nitrogens with one attached hydrogen (secondary N) is 2. The van der Waals surface area contributed by atoms with Crippen molar-refractivity contribution in [2.45, 2.75) is 40.0 Å². The zero-order valence-corrected chi connectivity index (χ0v) is 13.3. The lowest BCUT2D eigenvalue weighted by atomic mass is 9.96. The first-order valence-corrected chi connectivity index (χ1v) is 7.00. The summed E-state index contributed by atoms with van der Waals surface area (Å²) in [7, 11) is 0. The number of aromatic nitrogens is 2. The molecule has 0 saturated carbocycles. The van der Waals surface area contributed by atoms with Gasteiger partial charge >= 0.3 is 0 Å². The van der Waals surface area contributed by atoms with Crippen LogP contribution in [0.2, 0.25) is 0 Å². The topological polar surface area (TPSA) is 75.9 Å². The molecule has 0 saturated heterocycles. The van der Waals surface area contributed by atoms with Gasteiger partial charge < -0.3 is 10.7 Å². The van der Waals surface area contributed by atoms with Gasteiger partial charge in [-0.1, -0.05) is 32.9 Å². The molecule has 0 atom stereocenters. The number of nitrogen functional groups attached to an aromatic ring is 1. The molecular weight excluding hydrogens is 262 g/mol. The third-order valence-corrected chi connectivity index (χ3v) is 3.20. The number of hydrogen-bond acceptors (Lipinski definition) is 5. The second-order valence-electron chi connectivity index (χ2n) is 6.30. The first kappa shape index (κ1) is 15.3. The zero-order chi connectivity index (χ0) is 15.6. The molecule has 5 heteroatoms. The third kappa shape index (κ3) is 3.70. The van der Waals surface area contributed by atoms with E-state index in [4.69, 9.17) is 5.84 Å². The van der Waals surface area contributed by atoms with Gasteiger partial charge in [-0.25, -0.2) is 15.8 Å². The number of hydrazine groups is 1. The van der Waals surface area contributed by atoms with E-state index >= 15 is 0 Å². The fourth-order valence-electron chi connectivity index (χ4n) is 1.93. The van der Waals surface area contributed by atoms with Crippen molar-refractivity contribution in [3.63, 3.8) is 0 Å². The van der Waals surface area contributed by atoms with Crippen LogP contribution in [0.1, 0.15) is 37.7 Å². The highest BCUT2D eigenvalue weighted by Crippen LogP contribution is 2.25. The maximum absolute atomic E-state index is 5.51. The number of benzene rings is 1. The standard InChI is InChI=1S/C16H23N5/c1-10-6-7-11(2)12(8-10)18-13-9-14(21-17)20-15(19-13)16(3,4)5/h6-9H,17H2,1-5H3,(H2,18,19,20,21). The predicted molar refractivity (Wildman–Crippen MR) is 87.7 cm³/mol. The highest BCUT2D eigenvalue weighted by atomic mass is 15.3. The van der Waals surface area contributed by atoms with Crippen molar-refractivity contribution < 1.29 is 0 Å². The summed E-state index contributed by atoms with van der Waals surface area (Å²) in [6, 6.07) is 8.08. The first-order chi connectivity index (χ1) is 9.79. The summed E-state index contributed by atoms with van der Waals surface area (Å²) in [6.45, 7) is 10.4. The lowest BCUT2D eigenvalue weighted by Crippen LogP contribution is -2.19. The molecule has 21 heavy (non-hydrogen) atoms. The Labute approximate surface area is 126 Å². The molecule has 5 nitrogen and oxygen atoms in total. The van der Waals surface area contributed by atoms with Gasteiger partial charge in [0, 0.05) is 17.2 Å². The molecule has 0 aliphatic heterocycles. The number of nitrogens with two attached hydrogens (primary N) is 1. The van der Waals surface area contributed by atoms with Gasteiger partial charge in [-0.2, -0.15) is 0 Å². The molecule has 0 aliphatic carbocycles. The summed E-state index contributed by atoms with van der Waals surface area (Å²) in [4.78, 5) is 9.02. The van der Waals surface area contributed by atoms with Gasteiger partial charge in [-0.3, -0.25) is 0 Å². The number of nitrogens with zero attached hydrogens (tertiary/aromatic N) is 2. The van der Waals surface area contributed by atoms with Crippen molar-refractivity contribution in [3.05, 3.63) is 41.2 Å². The molecule has 0 amide bonds. The van der Waals surface area contributed by atoms with Gasteiger partial charge in [0.05, 0.1) is 0 Å². The van der Waals surface area contributed by atoms with Crippen molar-refractivity contribution >= 4 is 17.3 Å². The van der Waals surface area contributed by atoms with Gasteiger partial charge in [0.25, 0.3) is 0 Å². The Balaban J connectivity index is 2.42. The van der Waals surface area contributed by atoms with Crippen molar-refractivity contribution in [2.24, 2.45) is 5.84 Å². The molecule has 2 rings (SSSR count). The molecule has 2 aromatic rings. The highest BCUT2D eigenvalue weighted by Gasteiger charge is 2.19. The van der Waals surface area contributed by atoms with Crippen LogP contribution in [0.4, 0.5) is 17.3 Å². The van der Waals surface area contributed by atoms with Crippen LogP contribution < -0.4 is 16.6 Å². The minimum absolute atomic E-state index is 0.148. The van der Waals surface area contributed by atoms with Crippen molar-refractivity contribution in [3.8, 4) is 0 Å². The minimum Gasteiger partial charge on any atom is -0.340 e. The van der Waals surface area contributed by atoms with E-state index in [1.165, 1.54) is 11.1 Å². The number of aryl methyl sites for hydroxylation is 2. The second kappa shape index (κ2) is 5.69. The van der Waals surface area contributed by atoms with Crippen LogP contribution in [0.15, 0.2) is 24.3 Å². The Morgan fingerprint density at radius 3 is 2.29 bits per heavy atom. The Kier molecular flexibility index (Phi) is 4.14. The van der Waals surface area contributed by atoms with Crippen LogP contribution >= 0.6 is 0 Å². The Morgan fingerprint density at radius 1 is 1.00 bits per heavy atom. The molecule has 0 radical (unpaired) electrons. The van der Waals surface area contributed by atoms with Crippen molar-refractivity contribution in [1.82, 2.24) is 9.97 Å². The largest absolute Gasteiger partial charge is 0.340 e. The third-order valence-electron chi connectivity index (χ3n) is 3.20. The van der Waals surface area contributed by atoms with Gasteiger partial charge in [-0.15, -0.1) is 0 Å². The normalized spacial score (nSPS) is 11.3. The van der Waals surface area contributed by atoms with E-state index in [0.717, 1.165) is 17.3 Å². The van der Waals surface area contributed by atoms with Crippen molar-refractivity contribution in [2.75, 3.05) is 10.7 Å². The Bertz CT molecular complexity index is 644. The lowest BCUT2D eigenvalue weighted by Gasteiger charge is -2.19. The monoisotopic (exact) mass is 285 g/mol. The van der Waals surface area contributed by atoms with Crippen molar-refractivity contribution in [1.29, 1.82) is 0 Å². The van der Waals surface area contributed by atoms with Gasteiger partial charge in [0.1, 0.15) is 17.5 Å². The molecular formula is C16H23N5. The maximum Gasteiger partial charge on any atom is 0.145 e. The molecule has 0 spiro atoms. The average Bonchev–Trinajstić information content (AvgIpc) is 2.41. The minimum atomic E-state index is -0.148. The molecule has 0 unspecified atom stereocenters. The van der Waals surface area contributed by atoms with Gasteiger partial charge in [0.15, 0.2) is 0 Å². The lowest BCUT2D eigenvalue weighted by molar-refractivity contribution is 0.547. The van der Waals surface area contributed by atoms with Gasteiger partial charge in [-0.05, 0) is 31.0 Å². The Hall–Kier alpha value is -2.14. The van der Waals surface area contributed by atoms with E-state index in [9.17, 15) is 0 Å². The fourth-order valence-corrected chi connectivity index (χ4v) is 1.93. The van der Waals surface area contributed by atoms with Crippen LogP contribution in [0.5, 0.6) is 0 Å². The van der Waals surface area contributed by atoms with Crippen LogP contribution in [0.25, 0.3) is 0 Å². The SMILES string of the molecule is Cc1ccc(C)c(Nc2cc(NN)nc(C(C)(C)C)n2)c1. The van der Waals surface area contributed by atoms with E-state index in [2.05, 4.69) is 73.5 Å². The quantitative estimate of drug-likeness (QED) is 0.595. The first-order valence-electron chi connectivity index (χ1n) is 7.00. The fraction of sp³-hybridized carbons (Fsp3) is 0.375. The second-order valence-corrected chi connectivity index (χ2v) is 6.30. The average molecular weight is 285 g/mol.